The maximum absolute atomic E-state index is 12.5. The van der Waals surface area contributed by atoms with Crippen LogP contribution in [0, 0.1) is 0 Å². The monoisotopic (exact) mass is 305 g/mol. The predicted octanol–water partition coefficient (Wildman–Crippen LogP) is 4.60. The lowest BCUT2D eigenvalue weighted by Gasteiger charge is -2.29. The van der Waals surface area contributed by atoms with Crippen molar-refractivity contribution in [1.29, 1.82) is 0 Å². The molecule has 0 atom stereocenters. The Hall–Kier alpha value is -1.32. The van der Waals surface area contributed by atoms with Crippen LogP contribution in [0.15, 0.2) is 41.8 Å². The van der Waals surface area contributed by atoms with Crippen molar-refractivity contribution in [2.75, 3.05) is 0 Å². The van der Waals surface area contributed by atoms with E-state index in [9.17, 15) is 4.79 Å². The Morgan fingerprint density at radius 1 is 1.15 bits per heavy atom. The van der Waals surface area contributed by atoms with E-state index in [4.69, 9.17) is 11.6 Å². The number of benzene rings is 1. The predicted molar refractivity (Wildman–Crippen MR) is 83.4 cm³/mol. The summed E-state index contributed by atoms with van der Waals surface area (Å²) in [4.78, 5) is 13.8. The van der Waals surface area contributed by atoms with Crippen LogP contribution in [-0.2, 0) is 5.54 Å². The Kier molecular flexibility index (Phi) is 3.81. The van der Waals surface area contributed by atoms with Gasteiger partial charge in [-0.3, -0.25) is 4.79 Å². The van der Waals surface area contributed by atoms with Crippen LogP contribution in [0.4, 0.5) is 0 Å². The summed E-state index contributed by atoms with van der Waals surface area (Å²) in [5.74, 6) is -0.0779. The average Bonchev–Trinajstić information content (AvgIpc) is 3.10. The van der Waals surface area contributed by atoms with Gasteiger partial charge in [0.1, 0.15) is 0 Å². The Morgan fingerprint density at radius 2 is 1.90 bits per heavy atom. The van der Waals surface area contributed by atoms with Gasteiger partial charge in [-0.05, 0) is 36.4 Å². The van der Waals surface area contributed by atoms with Crippen LogP contribution in [0.2, 0.25) is 5.02 Å². The fourth-order valence-corrected chi connectivity index (χ4v) is 4.06. The number of hydrogen-bond donors (Lipinski definition) is 1. The molecule has 1 fully saturated rings. The number of nitrogens with one attached hydrogen (secondary N) is 1. The molecule has 1 aromatic heterocycles. The van der Waals surface area contributed by atoms with Gasteiger partial charge in [-0.25, -0.2) is 0 Å². The minimum absolute atomic E-state index is 0.0779. The maximum Gasteiger partial charge on any atom is 0.253 e. The van der Waals surface area contributed by atoms with Crippen molar-refractivity contribution < 1.29 is 4.79 Å². The van der Waals surface area contributed by atoms with Crippen LogP contribution < -0.4 is 5.32 Å². The van der Waals surface area contributed by atoms with Crippen LogP contribution >= 0.6 is 22.9 Å². The van der Waals surface area contributed by atoms with Crippen molar-refractivity contribution in [1.82, 2.24) is 5.32 Å². The van der Waals surface area contributed by atoms with Gasteiger partial charge in [0.05, 0.1) is 16.1 Å². The lowest BCUT2D eigenvalue weighted by molar-refractivity contribution is 0.0900. The smallest absolute Gasteiger partial charge is 0.253 e. The van der Waals surface area contributed by atoms with Crippen LogP contribution in [0.3, 0.4) is 0 Å². The third-order valence-corrected chi connectivity index (χ3v) is 5.32. The lowest BCUT2D eigenvalue weighted by atomic mass is 9.94. The van der Waals surface area contributed by atoms with Gasteiger partial charge < -0.3 is 5.32 Å². The molecule has 2 nitrogen and oxygen atoms in total. The molecule has 1 aromatic carbocycles. The van der Waals surface area contributed by atoms with E-state index in [-0.39, 0.29) is 11.4 Å². The molecule has 0 unspecified atom stereocenters. The molecule has 1 aliphatic rings. The molecule has 1 aliphatic carbocycles. The Bertz CT molecular complexity index is 603. The maximum atomic E-state index is 12.5. The van der Waals surface area contributed by atoms with Crippen LogP contribution in [0.5, 0.6) is 0 Å². The molecule has 0 bridgehead atoms. The molecule has 0 radical (unpaired) electrons. The number of carbonyl (C=O) groups excluding carboxylic acids is 1. The molecule has 20 heavy (non-hydrogen) atoms. The molecular weight excluding hydrogens is 290 g/mol. The normalized spacial score (nSPS) is 17.1. The number of carbonyl (C=O) groups is 1. The second-order valence-corrected chi connectivity index (χ2v) is 6.56. The Labute approximate surface area is 127 Å². The summed E-state index contributed by atoms with van der Waals surface area (Å²) >= 11 is 7.83. The number of halogens is 1. The fourth-order valence-electron chi connectivity index (χ4n) is 2.89. The van der Waals surface area contributed by atoms with Gasteiger partial charge in [0.2, 0.25) is 0 Å². The first-order valence-corrected chi connectivity index (χ1v) is 8.08. The first kappa shape index (κ1) is 13.7. The van der Waals surface area contributed by atoms with E-state index in [0.717, 1.165) is 25.7 Å². The number of hydrogen-bond acceptors (Lipinski definition) is 2. The van der Waals surface area contributed by atoms with Gasteiger partial charge in [-0.2, -0.15) is 0 Å². The summed E-state index contributed by atoms with van der Waals surface area (Å²) in [5.41, 5.74) is 0.349. The van der Waals surface area contributed by atoms with E-state index in [1.165, 1.54) is 4.88 Å². The molecule has 1 amide bonds. The molecule has 1 N–H and O–H groups in total. The van der Waals surface area contributed by atoms with Crippen molar-refractivity contribution in [3.8, 4) is 0 Å². The SMILES string of the molecule is O=C(NC1(c2cccs2)CCCC1)c1ccccc1Cl. The standard InChI is InChI=1S/C16H16ClNOS/c17-13-7-2-1-6-12(13)15(19)18-16(9-3-4-10-16)14-8-5-11-20-14/h1-2,5-8,11H,3-4,9-10H2,(H,18,19). The van der Waals surface area contributed by atoms with Crippen molar-refractivity contribution in [2.24, 2.45) is 0 Å². The zero-order valence-corrected chi connectivity index (χ0v) is 12.6. The van der Waals surface area contributed by atoms with Crippen molar-refractivity contribution >= 4 is 28.8 Å². The number of amides is 1. The molecule has 3 rings (SSSR count). The molecule has 0 aliphatic heterocycles. The van der Waals surface area contributed by atoms with Crippen molar-refractivity contribution in [3.63, 3.8) is 0 Å². The minimum Gasteiger partial charge on any atom is -0.342 e. The molecule has 0 saturated heterocycles. The molecule has 0 spiro atoms. The topological polar surface area (TPSA) is 29.1 Å². The zero-order valence-electron chi connectivity index (χ0n) is 11.1. The zero-order chi connectivity index (χ0) is 14.0. The molecular formula is C16H16ClNOS. The molecule has 4 heteroatoms. The van der Waals surface area contributed by atoms with E-state index >= 15 is 0 Å². The molecule has 1 heterocycles. The van der Waals surface area contributed by atoms with Crippen LogP contribution in [0.25, 0.3) is 0 Å². The summed E-state index contributed by atoms with van der Waals surface area (Å²) in [7, 11) is 0. The Balaban J connectivity index is 1.88. The quantitative estimate of drug-likeness (QED) is 0.882. The van der Waals surface area contributed by atoms with Gasteiger partial charge in [0.25, 0.3) is 5.91 Å². The van der Waals surface area contributed by atoms with E-state index in [2.05, 4.69) is 16.8 Å². The average molecular weight is 306 g/mol. The molecule has 104 valence electrons. The van der Waals surface area contributed by atoms with Gasteiger partial charge in [0, 0.05) is 4.88 Å². The first-order valence-electron chi connectivity index (χ1n) is 6.82. The van der Waals surface area contributed by atoms with Crippen LogP contribution in [-0.4, -0.2) is 5.91 Å². The first-order chi connectivity index (χ1) is 9.71. The molecule has 1 saturated carbocycles. The third kappa shape index (κ3) is 2.48. The highest BCUT2D eigenvalue weighted by Gasteiger charge is 2.38. The van der Waals surface area contributed by atoms with Crippen LogP contribution in [0.1, 0.15) is 40.9 Å². The highest BCUT2D eigenvalue weighted by molar-refractivity contribution is 7.10. The number of rotatable bonds is 3. The summed E-state index contributed by atoms with van der Waals surface area (Å²) < 4.78 is 0. The lowest BCUT2D eigenvalue weighted by Crippen LogP contribution is -2.43. The summed E-state index contributed by atoms with van der Waals surface area (Å²) in [6.07, 6.45) is 4.31. The van der Waals surface area contributed by atoms with Crippen molar-refractivity contribution in [3.05, 3.63) is 57.2 Å². The third-order valence-electron chi connectivity index (χ3n) is 3.92. The highest BCUT2D eigenvalue weighted by Crippen LogP contribution is 2.41. The van der Waals surface area contributed by atoms with Gasteiger partial charge in [-0.15, -0.1) is 11.3 Å². The summed E-state index contributed by atoms with van der Waals surface area (Å²) in [6, 6.07) is 11.4. The summed E-state index contributed by atoms with van der Waals surface area (Å²) in [5, 5.41) is 5.81. The van der Waals surface area contributed by atoms with E-state index < -0.39 is 0 Å². The Morgan fingerprint density at radius 3 is 2.55 bits per heavy atom. The van der Waals surface area contributed by atoms with E-state index in [1.54, 1.807) is 23.5 Å². The highest BCUT2D eigenvalue weighted by atomic mass is 35.5. The fraction of sp³-hybridized carbons (Fsp3) is 0.312. The van der Waals surface area contributed by atoms with E-state index in [1.807, 2.05) is 18.2 Å². The second-order valence-electron chi connectivity index (χ2n) is 5.20. The minimum atomic E-state index is -0.204. The van der Waals surface area contributed by atoms with Gasteiger partial charge >= 0.3 is 0 Å². The molecule has 2 aromatic rings. The van der Waals surface area contributed by atoms with Crippen molar-refractivity contribution in [2.45, 2.75) is 31.2 Å². The van der Waals surface area contributed by atoms with E-state index in [0.29, 0.717) is 10.6 Å². The summed E-state index contributed by atoms with van der Waals surface area (Å²) in [6.45, 7) is 0. The number of thiophene rings is 1. The van der Waals surface area contributed by atoms with Gasteiger partial charge in [0.15, 0.2) is 0 Å². The van der Waals surface area contributed by atoms with Gasteiger partial charge in [-0.1, -0.05) is 42.6 Å². The largest absolute Gasteiger partial charge is 0.342 e. The second kappa shape index (κ2) is 5.58.